The number of benzene rings is 3. The highest BCUT2D eigenvalue weighted by atomic mass is 35.5. The van der Waals surface area contributed by atoms with E-state index in [1.54, 1.807) is 11.3 Å². The van der Waals surface area contributed by atoms with Gasteiger partial charge >= 0.3 is 0 Å². The van der Waals surface area contributed by atoms with Gasteiger partial charge < -0.3 is 0 Å². The van der Waals surface area contributed by atoms with Gasteiger partial charge in [-0.2, -0.15) is 0 Å². The molecular weight excluding hydrogens is 271 g/mol. The summed E-state index contributed by atoms with van der Waals surface area (Å²) >= 11 is 7.81. The van der Waals surface area contributed by atoms with Crippen molar-refractivity contribution in [2.24, 2.45) is 0 Å². The van der Waals surface area contributed by atoms with E-state index in [1.165, 1.54) is 26.2 Å². The summed E-state index contributed by atoms with van der Waals surface area (Å²) < 4.78 is 2.33. The molecule has 3 aromatic carbocycles. The van der Waals surface area contributed by atoms with Crippen molar-refractivity contribution in [3.63, 3.8) is 0 Å². The molecule has 0 nitrogen and oxygen atoms in total. The third-order valence-electron chi connectivity index (χ3n) is 3.49. The second kappa shape index (κ2) is 3.99. The lowest BCUT2D eigenvalue weighted by Gasteiger charge is -2.00. The van der Waals surface area contributed by atoms with Crippen LogP contribution in [-0.4, -0.2) is 7.85 Å². The van der Waals surface area contributed by atoms with Gasteiger partial charge in [0.1, 0.15) is 7.85 Å². The lowest BCUT2D eigenvalue weighted by atomic mass is 9.94. The maximum Gasteiger partial charge on any atom is 0.117 e. The second-order valence-corrected chi connectivity index (χ2v) is 6.09. The normalized spacial score (nSPS) is 11.6. The Hall–Kier alpha value is -1.51. The Morgan fingerprint density at radius 3 is 2.42 bits per heavy atom. The molecule has 0 unspecified atom stereocenters. The maximum atomic E-state index is 6.10. The smallest absolute Gasteiger partial charge is 0.117 e. The van der Waals surface area contributed by atoms with Crippen LogP contribution in [-0.2, 0) is 0 Å². The van der Waals surface area contributed by atoms with E-state index >= 15 is 0 Å². The molecule has 4 aromatic rings. The van der Waals surface area contributed by atoms with Crippen LogP contribution in [0.1, 0.15) is 0 Å². The first-order valence-electron chi connectivity index (χ1n) is 6.03. The highest BCUT2D eigenvalue weighted by molar-refractivity contribution is 7.27. The zero-order chi connectivity index (χ0) is 13.0. The van der Waals surface area contributed by atoms with E-state index in [0.717, 1.165) is 4.70 Å². The molecule has 3 heteroatoms. The fraction of sp³-hybridized carbons (Fsp3) is 0. The van der Waals surface area contributed by atoms with E-state index in [1.807, 2.05) is 6.07 Å². The van der Waals surface area contributed by atoms with Crippen LogP contribution in [0.3, 0.4) is 0 Å². The van der Waals surface area contributed by atoms with Gasteiger partial charge in [0.05, 0.1) is 0 Å². The van der Waals surface area contributed by atoms with E-state index in [0.29, 0.717) is 10.5 Å². The third-order valence-corrected chi connectivity index (χ3v) is 5.02. The first-order valence-corrected chi connectivity index (χ1v) is 7.22. The van der Waals surface area contributed by atoms with Gasteiger partial charge in [-0.25, -0.2) is 0 Å². The summed E-state index contributed by atoms with van der Waals surface area (Å²) in [6, 6.07) is 16.8. The zero-order valence-corrected chi connectivity index (χ0v) is 11.6. The van der Waals surface area contributed by atoms with Crippen LogP contribution < -0.4 is 5.46 Å². The van der Waals surface area contributed by atoms with E-state index in [2.05, 4.69) is 42.5 Å². The molecule has 0 saturated heterocycles. The molecule has 0 aliphatic rings. The van der Waals surface area contributed by atoms with Crippen molar-refractivity contribution in [1.29, 1.82) is 0 Å². The van der Waals surface area contributed by atoms with Crippen molar-refractivity contribution in [3.8, 4) is 0 Å². The Kier molecular flexibility index (Phi) is 2.38. The number of thiophene rings is 1. The number of hydrogen-bond acceptors (Lipinski definition) is 1. The van der Waals surface area contributed by atoms with Crippen LogP contribution in [0.4, 0.5) is 0 Å². The predicted octanol–water partition coefficient (Wildman–Crippen LogP) is 4.65. The predicted molar refractivity (Wildman–Crippen MR) is 87.2 cm³/mol. The summed E-state index contributed by atoms with van der Waals surface area (Å²) in [7, 11) is 6.09. The fourth-order valence-electron chi connectivity index (χ4n) is 2.52. The Morgan fingerprint density at radius 2 is 1.63 bits per heavy atom. The van der Waals surface area contributed by atoms with Gasteiger partial charge in [0.2, 0.25) is 0 Å². The van der Waals surface area contributed by atoms with Crippen LogP contribution in [0.25, 0.3) is 30.9 Å². The molecule has 0 amide bonds. The lowest BCUT2D eigenvalue weighted by Crippen LogP contribution is -2.02. The second-order valence-electron chi connectivity index (χ2n) is 4.64. The van der Waals surface area contributed by atoms with Crippen LogP contribution in [0.5, 0.6) is 0 Å². The molecule has 0 saturated carbocycles. The summed E-state index contributed by atoms with van der Waals surface area (Å²) in [5.74, 6) is 0. The monoisotopic (exact) mass is 278 g/mol. The molecule has 1 aromatic heterocycles. The maximum absolute atomic E-state index is 6.10. The minimum absolute atomic E-state index is 0.628. The van der Waals surface area contributed by atoms with Crippen LogP contribution in [0, 0.1) is 0 Å². The zero-order valence-electron chi connectivity index (χ0n) is 9.98. The van der Waals surface area contributed by atoms with Crippen molar-refractivity contribution in [2.75, 3.05) is 0 Å². The molecule has 0 N–H and O–H groups in total. The molecule has 0 atom stereocenters. The Morgan fingerprint density at radius 1 is 0.895 bits per heavy atom. The van der Waals surface area contributed by atoms with Gasteiger partial charge in [-0.3, -0.25) is 0 Å². The average molecular weight is 279 g/mol. The Labute approximate surface area is 121 Å². The van der Waals surface area contributed by atoms with Crippen LogP contribution in [0.15, 0.2) is 48.5 Å². The average Bonchev–Trinajstić information content (AvgIpc) is 2.79. The van der Waals surface area contributed by atoms with E-state index in [9.17, 15) is 0 Å². The van der Waals surface area contributed by atoms with Gasteiger partial charge in [0.25, 0.3) is 0 Å². The van der Waals surface area contributed by atoms with E-state index < -0.39 is 0 Å². The number of rotatable bonds is 0. The van der Waals surface area contributed by atoms with Crippen molar-refractivity contribution in [2.45, 2.75) is 0 Å². The SMILES string of the molecule is [B]c1c(Cl)ccc2c1sc1cc3ccccc3cc12. The van der Waals surface area contributed by atoms with Crippen molar-refractivity contribution in [3.05, 3.63) is 53.6 Å². The van der Waals surface area contributed by atoms with E-state index in [4.69, 9.17) is 19.4 Å². The summed E-state index contributed by atoms with van der Waals surface area (Å²) in [5, 5.41) is 5.58. The molecule has 19 heavy (non-hydrogen) atoms. The molecule has 1 heterocycles. The van der Waals surface area contributed by atoms with Crippen molar-refractivity contribution < 1.29 is 0 Å². The summed E-state index contributed by atoms with van der Waals surface area (Å²) in [6.07, 6.45) is 0. The van der Waals surface area contributed by atoms with Gasteiger partial charge in [-0.05, 0) is 34.4 Å². The highest BCUT2D eigenvalue weighted by Gasteiger charge is 2.09. The van der Waals surface area contributed by atoms with Crippen molar-refractivity contribution >= 4 is 67.2 Å². The first-order chi connectivity index (χ1) is 9.24. The van der Waals surface area contributed by atoms with Gasteiger partial charge in [0.15, 0.2) is 0 Å². The molecule has 2 radical (unpaired) electrons. The lowest BCUT2D eigenvalue weighted by molar-refractivity contribution is 1.81. The van der Waals surface area contributed by atoms with Crippen molar-refractivity contribution in [1.82, 2.24) is 0 Å². The van der Waals surface area contributed by atoms with E-state index in [-0.39, 0.29) is 0 Å². The quantitative estimate of drug-likeness (QED) is 0.411. The largest absolute Gasteiger partial charge is 0.136 e. The Bertz CT molecular complexity index is 940. The fourth-order valence-corrected chi connectivity index (χ4v) is 3.93. The standard InChI is InChI=1S/C16H8BClS/c17-15-13(18)6-5-11-12-7-9-3-1-2-4-10(9)8-14(12)19-16(11)15/h1-8H. The highest BCUT2D eigenvalue weighted by Crippen LogP contribution is 2.36. The first kappa shape index (κ1) is 11.3. The van der Waals surface area contributed by atoms with Crippen LogP contribution in [0.2, 0.25) is 5.02 Å². The molecule has 0 spiro atoms. The summed E-state index contributed by atoms with van der Waals surface area (Å²) in [4.78, 5) is 0. The Balaban J connectivity index is 2.25. The minimum Gasteiger partial charge on any atom is -0.136 e. The molecular formula is C16H8BClS. The third kappa shape index (κ3) is 1.60. The minimum atomic E-state index is 0.628. The summed E-state index contributed by atoms with van der Waals surface area (Å²) in [6.45, 7) is 0. The molecule has 0 aliphatic heterocycles. The number of hydrogen-bond donors (Lipinski definition) is 0. The van der Waals surface area contributed by atoms with Crippen LogP contribution >= 0.6 is 22.9 Å². The molecule has 0 bridgehead atoms. The number of fused-ring (bicyclic) bond motifs is 4. The molecule has 4 rings (SSSR count). The van der Waals surface area contributed by atoms with Gasteiger partial charge in [0, 0.05) is 19.8 Å². The summed E-state index contributed by atoms with van der Waals surface area (Å²) in [5.41, 5.74) is 0.685. The number of halogens is 1. The van der Waals surface area contributed by atoms with Gasteiger partial charge in [-0.15, -0.1) is 11.3 Å². The molecule has 88 valence electrons. The molecule has 0 fully saturated rings. The van der Waals surface area contributed by atoms with Gasteiger partial charge in [-0.1, -0.05) is 47.4 Å². The topological polar surface area (TPSA) is 0 Å². The molecule has 0 aliphatic carbocycles.